The normalized spacial score (nSPS) is 29.2. The highest BCUT2D eigenvalue weighted by Crippen LogP contribution is 2.34. The van der Waals surface area contributed by atoms with E-state index in [-0.39, 0.29) is 30.4 Å². The fourth-order valence-corrected chi connectivity index (χ4v) is 2.81. The Bertz CT molecular complexity index is 213. The molecule has 0 aromatic carbocycles. The van der Waals surface area contributed by atoms with Crippen LogP contribution in [0.1, 0.15) is 25.7 Å². The predicted octanol–water partition coefficient (Wildman–Crippen LogP) is 1.45. The van der Waals surface area contributed by atoms with Crippen molar-refractivity contribution in [2.45, 2.75) is 37.3 Å². The van der Waals surface area contributed by atoms with Crippen molar-refractivity contribution in [1.82, 2.24) is 10.2 Å². The Labute approximate surface area is 110 Å². The molecule has 1 aliphatic carbocycles. The Hall–Kier alpha value is 0.460. The SMILES string of the molecule is C1CC2(CCN1)CN(C1CC1)CCO2.Cl.Cl. The van der Waals surface area contributed by atoms with Gasteiger partial charge in [-0.2, -0.15) is 0 Å². The molecule has 3 nitrogen and oxygen atoms in total. The number of hydrogen-bond acceptors (Lipinski definition) is 3. The monoisotopic (exact) mass is 268 g/mol. The molecule has 16 heavy (non-hydrogen) atoms. The lowest BCUT2D eigenvalue weighted by Crippen LogP contribution is -2.56. The van der Waals surface area contributed by atoms with Gasteiger partial charge in [0.15, 0.2) is 0 Å². The average molecular weight is 269 g/mol. The molecular weight excluding hydrogens is 247 g/mol. The van der Waals surface area contributed by atoms with Gasteiger partial charge in [0.25, 0.3) is 0 Å². The number of halogens is 2. The molecule has 5 heteroatoms. The molecule has 0 bridgehead atoms. The van der Waals surface area contributed by atoms with Crippen molar-refractivity contribution >= 4 is 24.8 Å². The molecular formula is C11H22Cl2N2O. The molecule has 2 heterocycles. The summed E-state index contributed by atoms with van der Waals surface area (Å²) in [4.78, 5) is 2.66. The molecule has 1 spiro atoms. The van der Waals surface area contributed by atoms with Crippen LogP contribution in [0.3, 0.4) is 0 Å². The second-order valence-corrected chi connectivity index (χ2v) is 4.98. The fourth-order valence-electron chi connectivity index (χ4n) is 2.81. The first-order valence-electron chi connectivity index (χ1n) is 5.97. The Morgan fingerprint density at radius 2 is 1.81 bits per heavy atom. The number of rotatable bonds is 1. The maximum absolute atomic E-state index is 6.03. The minimum absolute atomic E-state index is 0. The van der Waals surface area contributed by atoms with Crippen molar-refractivity contribution in [1.29, 1.82) is 0 Å². The van der Waals surface area contributed by atoms with E-state index in [1.54, 1.807) is 0 Å². The van der Waals surface area contributed by atoms with Gasteiger partial charge >= 0.3 is 0 Å². The van der Waals surface area contributed by atoms with Crippen LogP contribution in [0.25, 0.3) is 0 Å². The first-order valence-corrected chi connectivity index (χ1v) is 5.97. The van der Waals surface area contributed by atoms with Crippen LogP contribution in [-0.4, -0.2) is 49.3 Å². The summed E-state index contributed by atoms with van der Waals surface area (Å²) < 4.78 is 6.03. The van der Waals surface area contributed by atoms with Gasteiger partial charge in [-0.15, -0.1) is 24.8 Å². The zero-order chi connectivity index (χ0) is 9.43. The maximum atomic E-state index is 6.03. The predicted molar refractivity (Wildman–Crippen MR) is 69.9 cm³/mol. The van der Waals surface area contributed by atoms with Crippen molar-refractivity contribution in [2.75, 3.05) is 32.8 Å². The van der Waals surface area contributed by atoms with Crippen molar-refractivity contribution in [3.05, 3.63) is 0 Å². The van der Waals surface area contributed by atoms with Crippen LogP contribution in [0.4, 0.5) is 0 Å². The minimum atomic E-state index is 0. The van der Waals surface area contributed by atoms with Crippen molar-refractivity contribution in [3.8, 4) is 0 Å². The largest absolute Gasteiger partial charge is 0.372 e. The zero-order valence-corrected chi connectivity index (χ0v) is 11.2. The first kappa shape index (κ1) is 14.5. The van der Waals surface area contributed by atoms with Crippen LogP contribution in [0.5, 0.6) is 0 Å². The standard InChI is InChI=1S/C11H20N2O.2ClH/c1-2-10(1)13-7-8-14-11(9-13)3-5-12-6-4-11;;/h10,12H,1-9H2;2*1H. The van der Waals surface area contributed by atoms with Crippen LogP contribution in [0.2, 0.25) is 0 Å². The van der Waals surface area contributed by atoms with Crippen LogP contribution in [0.15, 0.2) is 0 Å². The number of morpholine rings is 1. The lowest BCUT2D eigenvalue weighted by molar-refractivity contribution is -0.125. The van der Waals surface area contributed by atoms with E-state index in [1.165, 1.54) is 38.8 Å². The van der Waals surface area contributed by atoms with E-state index in [2.05, 4.69) is 10.2 Å². The quantitative estimate of drug-likeness (QED) is 0.779. The lowest BCUT2D eigenvalue weighted by Gasteiger charge is -2.45. The van der Waals surface area contributed by atoms with Gasteiger partial charge in [0.1, 0.15) is 0 Å². The molecule has 2 saturated heterocycles. The first-order chi connectivity index (χ1) is 6.88. The van der Waals surface area contributed by atoms with E-state index in [9.17, 15) is 0 Å². The summed E-state index contributed by atoms with van der Waals surface area (Å²) in [5.74, 6) is 0. The number of nitrogens with one attached hydrogen (secondary N) is 1. The van der Waals surface area contributed by atoms with Gasteiger partial charge < -0.3 is 10.1 Å². The van der Waals surface area contributed by atoms with Crippen molar-refractivity contribution < 1.29 is 4.74 Å². The van der Waals surface area contributed by atoms with Gasteiger partial charge in [0.2, 0.25) is 0 Å². The number of nitrogens with zero attached hydrogens (tertiary/aromatic N) is 1. The van der Waals surface area contributed by atoms with Gasteiger partial charge in [0.05, 0.1) is 12.2 Å². The molecule has 1 N–H and O–H groups in total. The molecule has 3 fully saturated rings. The molecule has 1 saturated carbocycles. The van der Waals surface area contributed by atoms with Gasteiger partial charge in [-0.05, 0) is 38.8 Å². The van der Waals surface area contributed by atoms with Gasteiger partial charge in [-0.1, -0.05) is 0 Å². The maximum Gasteiger partial charge on any atom is 0.0833 e. The summed E-state index contributed by atoms with van der Waals surface area (Å²) in [5, 5.41) is 3.42. The summed E-state index contributed by atoms with van der Waals surface area (Å²) in [6.07, 6.45) is 5.26. The third-order valence-corrected chi connectivity index (χ3v) is 3.86. The summed E-state index contributed by atoms with van der Waals surface area (Å²) in [5.41, 5.74) is 0.214. The average Bonchev–Trinajstić information content (AvgIpc) is 3.02. The smallest absolute Gasteiger partial charge is 0.0833 e. The fraction of sp³-hybridized carbons (Fsp3) is 1.00. The van der Waals surface area contributed by atoms with E-state index in [4.69, 9.17) is 4.74 Å². The molecule has 2 aliphatic heterocycles. The van der Waals surface area contributed by atoms with Crippen LogP contribution in [-0.2, 0) is 4.74 Å². The highest BCUT2D eigenvalue weighted by molar-refractivity contribution is 5.85. The molecule has 0 aromatic rings. The molecule has 96 valence electrons. The summed E-state index contributed by atoms with van der Waals surface area (Å²) in [7, 11) is 0. The van der Waals surface area contributed by atoms with Crippen molar-refractivity contribution in [2.24, 2.45) is 0 Å². The van der Waals surface area contributed by atoms with Gasteiger partial charge in [0, 0.05) is 19.1 Å². The van der Waals surface area contributed by atoms with Crippen LogP contribution in [0, 0.1) is 0 Å². The minimum Gasteiger partial charge on any atom is -0.372 e. The number of ether oxygens (including phenoxy) is 1. The van der Waals surface area contributed by atoms with E-state index >= 15 is 0 Å². The van der Waals surface area contributed by atoms with Crippen LogP contribution < -0.4 is 5.32 Å². The Kier molecular flexibility index (Phi) is 5.33. The highest BCUT2D eigenvalue weighted by atomic mass is 35.5. The molecule has 0 unspecified atom stereocenters. The van der Waals surface area contributed by atoms with Gasteiger partial charge in [-0.25, -0.2) is 0 Å². The Balaban J connectivity index is 0.000000640. The zero-order valence-electron chi connectivity index (χ0n) is 9.61. The Morgan fingerprint density at radius 3 is 2.44 bits per heavy atom. The van der Waals surface area contributed by atoms with E-state index in [0.29, 0.717) is 0 Å². The van der Waals surface area contributed by atoms with Gasteiger partial charge in [-0.3, -0.25) is 4.90 Å². The summed E-state index contributed by atoms with van der Waals surface area (Å²) in [6.45, 7) is 5.59. The molecule has 0 atom stereocenters. The molecule has 3 aliphatic rings. The number of hydrogen-bond donors (Lipinski definition) is 1. The summed E-state index contributed by atoms with van der Waals surface area (Å²) in [6, 6.07) is 0.908. The molecule has 0 radical (unpaired) electrons. The van der Waals surface area contributed by atoms with E-state index < -0.39 is 0 Å². The van der Waals surface area contributed by atoms with E-state index in [0.717, 1.165) is 25.7 Å². The van der Waals surface area contributed by atoms with E-state index in [1.807, 2.05) is 0 Å². The Morgan fingerprint density at radius 1 is 1.12 bits per heavy atom. The topological polar surface area (TPSA) is 24.5 Å². The number of piperidine rings is 1. The second kappa shape index (κ2) is 5.87. The molecule has 3 rings (SSSR count). The highest BCUT2D eigenvalue weighted by Gasteiger charge is 2.41. The molecule has 0 amide bonds. The third kappa shape index (κ3) is 3.02. The third-order valence-electron chi connectivity index (χ3n) is 3.86. The lowest BCUT2D eigenvalue weighted by atomic mass is 9.90. The summed E-state index contributed by atoms with van der Waals surface area (Å²) >= 11 is 0. The second-order valence-electron chi connectivity index (χ2n) is 4.98. The molecule has 0 aromatic heterocycles. The van der Waals surface area contributed by atoms with Crippen LogP contribution >= 0.6 is 24.8 Å². The van der Waals surface area contributed by atoms with Crippen molar-refractivity contribution in [3.63, 3.8) is 0 Å².